The number of carboxylic acid groups (broad SMARTS) is 1. The number of aromatic carboxylic acids is 1. The van der Waals surface area contributed by atoms with Crippen LogP contribution in [0.15, 0.2) is 36.4 Å². The average Bonchev–Trinajstić information content (AvgIpc) is 2.49. The van der Waals surface area contributed by atoms with Gasteiger partial charge in [0.05, 0.1) is 11.1 Å². The molecule has 2 aromatic rings. The molecule has 1 N–H and O–H groups in total. The van der Waals surface area contributed by atoms with E-state index in [1.807, 2.05) is 13.0 Å². The number of hydrogen-bond acceptors (Lipinski definition) is 3. The molecule has 0 fully saturated rings. The van der Waals surface area contributed by atoms with Crippen LogP contribution in [0.5, 0.6) is 11.5 Å². The van der Waals surface area contributed by atoms with Crippen LogP contribution in [0.2, 0.25) is 5.02 Å². The molecule has 0 unspecified atom stereocenters. The van der Waals surface area contributed by atoms with Gasteiger partial charge in [0.2, 0.25) is 0 Å². The molecule has 0 saturated heterocycles. The van der Waals surface area contributed by atoms with E-state index in [9.17, 15) is 4.79 Å². The van der Waals surface area contributed by atoms with E-state index in [4.69, 9.17) is 26.7 Å². The Balaban J connectivity index is 2.36. The summed E-state index contributed by atoms with van der Waals surface area (Å²) in [5, 5.41) is 18.7. The molecule has 0 atom stereocenters. The molecular weight excluding hydrogens is 290 g/mol. The van der Waals surface area contributed by atoms with E-state index in [-0.39, 0.29) is 11.1 Å². The largest absolute Gasteiger partial charge is 0.478 e. The molecule has 0 heterocycles. The SMILES string of the molecule is CCc1cc(Oc2ccc(C(=O)O)cc2C#N)ccc1Cl. The van der Waals surface area contributed by atoms with Crippen molar-refractivity contribution < 1.29 is 14.6 Å². The molecular formula is C16H12ClNO3. The number of nitriles is 1. The van der Waals surface area contributed by atoms with Gasteiger partial charge in [-0.25, -0.2) is 4.79 Å². The van der Waals surface area contributed by atoms with Gasteiger partial charge in [0, 0.05) is 5.02 Å². The van der Waals surface area contributed by atoms with Gasteiger partial charge in [-0.3, -0.25) is 0 Å². The van der Waals surface area contributed by atoms with E-state index >= 15 is 0 Å². The van der Waals surface area contributed by atoms with Crippen LogP contribution in [0.4, 0.5) is 0 Å². The molecule has 0 spiro atoms. The Hall–Kier alpha value is -2.51. The van der Waals surface area contributed by atoms with Crippen LogP contribution in [0.1, 0.15) is 28.4 Å². The molecule has 0 amide bonds. The number of benzene rings is 2. The lowest BCUT2D eigenvalue weighted by molar-refractivity contribution is 0.0697. The molecule has 0 aromatic heterocycles. The minimum atomic E-state index is -1.09. The van der Waals surface area contributed by atoms with E-state index < -0.39 is 5.97 Å². The molecule has 0 radical (unpaired) electrons. The van der Waals surface area contributed by atoms with E-state index in [1.54, 1.807) is 18.2 Å². The first-order chi connectivity index (χ1) is 10.0. The minimum absolute atomic E-state index is 0.0456. The van der Waals surface area contributed by atoms with E-state index in [0.29, 0.717) is 16.5 Å². The van der Waals surface area contributed by atoms with Gasteiger partial charge in [-0.05, 0) is 48.4 Å². The third kappa shape index (κ3) is 3.33. The summed E-state index contributed by atoms with van der Waals surface area (Å²) in [5.41, 5.74) is 1.15. The van der Waals surface area contributed by atoms with Crippen molar-refractivity contribution in [1.82, 2.24) is 0 Å². The zero-order chi connectivity index (χ0) is 15.4. The quantitative estimate of drug-likeness (QED) is 0.915. The van der Waals surface area contributed by atoms with Gasteiger partial charge in [-0.1, -0.05) is 18.5 Å². The maximum atomic E-state index is 10.9. The zero-order valence-electron chi connectivity index (χ0n) is 11.3. The number of carbonyl (C=O) groups is 1. The summed E-state index contributed by atoms with van der Waals surface area (Å²) in [6, 6.07) is 11.3. The second kappa shape index (κ2) is 6.29. The highest BCUT2D eigenvalue weighted by Gasteiger charge is 2.10. The second-order valence-corrected chi connectivity index (χ2v) is 4.74. The molecule has 106 valence electrons. The van der Waals surface area contributed by atoms with Gasteiger partial charge < -0.3 is 9.84 Å². The van der Waals surface area contributed by atoms with Gasteiger partial charge >= 0.3 is 5.97 Å². The summed E-state index contributed by atoms with van der Waals surface area (Å²) < 4.78 is 5.66. The van der Waals surface area contributed by atoms with Gasteiger partial charge in [-0.2, -0.15) is 5.26 Å². The lowest BCUT2D eigenvalue weighted by atomic mass is 10.1. The van der Waals surface area contributed by atoms with E-state index in [1.165, 1.54) is 18.2 Å². The Labute approximate surface area is 127 Å². The summed E-state index contributed by atoms with van der Waals surface area (Å²) in [6.45, 7) is 1.98. The molecule has 0 saturated carbocycles. The highest BCUT2D eigenvalue weighted by Crippen LogP contribution is 2.29. The first-order valence-corrected chi connectivity index (χ1v) is 6.66. The van der Waals surface area contributed by atoms with E-state index in [0.717, 1.165) is 12.0 Å². The van der Waals surface area contributed by atoms with Gasteiger partial charge in [0.25, 0.3) is 0 Å². The molecule has 0 aliphatic heterocycles. The van der Waals surface area contributed by atoms with Crippen molar-refractivity contribution in [1.29, 1.82) is 5.26 Å². The van der Waals surface area contributed by atoms with Crippen molar-refractivity contribution in [2.75, 3.05) is 0 Å². The van der Waals surface area contributed by atoms with Crippen molar-refractivity contribution >= 4 is 17.6 Å². The highest BCUT2D eigenvalue weighted by atomic mass is 35.5. The number of nitrogens with zero attached hydrogens (tertiary/aromatic N) is 1. The van der Waals surface area contributed by atoms with Gasteiger partial charge in [0.1, 0.15) is 17.6 Å². The van der Waals surface area contributed by atoms with Gasteiger partial charge in [0.15, 0.2) is 0 Å². The van der Waals surface area contributed by atoms with Crippen molar-refractivity contribution in [3.63, 3.8) is 0 Å². The van der Waals surface area contributed by atoms with Crippen LogP contribution in [0, 0.1) is 11.3 Å². The maximum absolute atomic E-state index is 10.9. The lowest BCUT2D eigenvalue weighted by Gasteiger charge is -2.10. The van der Waals surface area contributed by atoms with Crippen LogP contribution in [-0.2, 0) is 6.42 Å². The Kier molecular flexibility index (Phi) is 4.46. The normalized spacial score (nSPS) is 9.95. The molecule has 2 rings (SSSR count). The summed E-state index contributed by atoms with van der Waals surface area (Å²) in [4.78, 5) is 10.9. The first kappa shape index (κ1) is 14.9. The molecule has 0 aliphatic rings. The predicted octanol–water partition coefficient (Wildman–Crippen LogP) is 4.26. The fourth-order valence-electron chi connectivity index (χ4n) is 1.85. The standard InChI is InChI=1S/C16H12ClNO3/c1-2-10-8-13(4-5-14(10)17)21-15-6-3-11(16(19)20)7-12(15)9-18/h3-8H,2H2,1H3,(H,19,20). The van der Waals surface area contributed by atoms with Gasteiger partial charge in [-0.15, -0.1) is 0 Å². The summed E-state index contributed by atoms with van der Waals surface area (Å²) in [5.74, 6) is -0.222. The van der Waals surface area contributed by atoms with Crippen molar-refractivity contribution in [3.8, 4) is 17.6 Å². The number of carboxylic acids is 1. The molecule has 4 nitrogen and oxygen atoms in total. The number of halogens is 1. The van der Waals surface area contributed by atoms with Crippen LogP contribution >= 0.6 is 11.6 Å². The average molecular weight is 302 g/mol. The first-order valence-electron chi connectivity index (χ1n) is 6.29. The van der Waals surface area contributed by atoms with Crippen LogP contribution in [-0.4, -0.2) is 11.1 Å². The topological polar surface area (TPSA) is 70.3 Å². The predicted molar refractivity (Wildman–Crippen MR) is 79.0 cm³/mol. The fourth-order valence-corrected chi connectivity index (χ4v) is 2.10. The van der Waals surface area contributed by atoms with Crippen LogP contribution < -0.4 is 4.74 Å². The second-order valence-electron chi connectivity index (χ2n) is 4.34. The van der Waals surface area contributed by atoms with Crippen molar-refractivity contribution in [2.45, 2.75) is 13.3 Å². The van der Waals surface area contributed by atoms with Crippen molar-refractivity contribution in [2.24, 2.45) is 0 Å². The zero-order valence-corrected chi connectivity index (χ0v) is 12.0. The Bertz CT molecular complexity index is 735. The molecule has 0 aliphatic carbocycles. The number of aryl methyl sites for hydroxylation is 1. The van der Waals surface area contributed by atoms with Crippen LogP contribution in [0.25, 0.3) is 0 Å². The number of hydrogen-bond donors (Lipinski definition) is 1. The number of rotatable bonds is 4. The van der Waals surface area contributed by atoms with E-state index in [2.05, 4.69) is 0 Å². The van der Waals surface area contributed by atoms with Crippen molar-refractivity contribution in [3.05, 3.63) is 58.1 Å². The third-order valence-electron chi connectivity index (χ3n) is 2.97. The molecule has 21 heavy (non-hydrogen) atoms. The summed E-state index contributed by atoms with van der Waals surface area (Å²) >= 11 is 6.04. The Morgan fingerprint density at radius 2 is 2.10 bits per heavy atom. The molecule has 2 aromatic carbocycles. The number of ether oxygens (including phenoxy) is 1. The Morgan fingerprint density at radius 3 is 2.71 bits per heavy atom. The third-order valence-corrected chi connectivity index (χ3v) is 3.34. The smallest absolute Gasteiger partial charge is 0.335 e. The molecule has 5 heteroatoms. The lowest BCUT2D eigenvalue weighted by Crippen LogP contribution is -1.98. The highest BCUT2D eigenvalue weighted by molar-refractivity contribution is 6.31. The monoisotopic (exact) mass is 301 g/mol. The molecule has 0 bridgehead atoms. The van der Waals surface area contributed by atoms with Crippen LogP contribution in [0.3, 0.4) is 0 Å². The Morgan fingerprint density at radius 1 is 1.33 bits per heavy atom. The fraction of sp³-hybridized carbons (Fsp3) is 0.125. The minimum Gasteiger partial charge on any atom is -0.478 e. The summed E-state index contributed by atoms with van der Waals surface area (Å²) in [7, 11) is 0. The maximum Gasteiger partial charge on any atom is 0.335 e. The summed E-state index contributed by atoms with van der Waals surface area (Å²) in [6.07, 6.45) is 0.763.